The van der Waals surface area contributed by atoms with E-state index in [0.717, 1.165) is 16.8 Å². The Morgan fingerprint density at radius 2 is 1.71 bits per heavy atom. The minimum atomic E-state index is -0.467. The van der Waals surface area contributed by atoms with E-state index in [-0.39, 0.29) is 11.6 Å². The fourth-order valence-electron chi connectivity index (χ4n) is 2.18. The smallest absolute Gasteiger partial charge is 0.246 e. The van der Waals surface area contributed by atoms with Crippen molar-refractivity contribution in [1.82, 2.24) is 0 Å². The number of hydrogen-bond acceptors (Lipinski definition) is 2. The van der Waals surface area contributed by atoms with E-state index in [1.165, 1.54) is 12.1 Å². The quantitative estimate of drug-likeness (QED) is 0.895. The van der Waals surface area contributed by atoms with E-state index in [0.29, 0.717) is 0 Å². The van der Waals surface area contributed by atoms with Gasteiger partial charge < -0.3 is 10.6 Å². The fraction of sp³-hybridized carbons (Fsp3) is 0.235. The Kier molecular flexibility index (Phi) is 4.58. The van der Waals surface area contributed by atoms with Gasteiger partial charge in [0, 0.05) is 5.69 Å². The SMILES string of the molecule is Cc1cc(C)cc(N[C@H](C)C(=O)Nc2ccccc2F)c1. The van der Waals surface area contributed by atoms with Crippen LogP contribution >= 0.6 is 0 Å². The lowest BCUT2D eigenvalue weighted by molar-refractivity contribution is -0.116. The van der Waals surface area contributed by atoms with E-state index < -0.39 is 11.9 Å². The summed E-state index contributed by atoms with van der Waals surface area (Å²) in [5, 5.41) is 5.71. The topological polar surface area (TPSA) is 41.1 Å². The van der Waals surface area contributed by atoms with Gasteiger partial charge in [0.1, 0.15) is 11.9 Å². The maximum Gasteiger partial charge on any atom is 0.246 e. The average molecular weight is 286 g/mol. The molecule has 0 spiro atoms. The summed E-state index contributed by atoms with van der Waals surface area (Å²) in [7, 11) is 0. The number of aryl methyl sites for hydroxylation is 2. The highest BCUT2D eigenvalue weighted by molar-refractivity contribution is 5.96. The summed E-state index contributed by atoms with van der Waals surface area (Å²) in [5.74, 6) is -0.719. The van der Waals surface area contributed by atoms with Gasteiger partial charge in [0.25, 0.3) is 0 Å². The van der Waals surface area contributed by atoms with Crippen molar-refractivity contribution in [1.29, 1.82) is 0 Å². The molecular weight excluding hydrogens is 267 g/mol. The van der Waals surface area contributed by atoms with Crippen molar-refractivity contribution in [3.8, 4) is 0 Å². The number of carbonyl (C=O) groups is 1. The normalized spacial score (nSPS) is 11.8. The number of para-hydroxylation sites is 1. The van der Waals surface area contributed by atoms with Crippen LogP contribution in [0.25, 0.3) is 0 Å². The van der Waals surface area contributed by atoms with Gasteiger partial charge in [-0.1, -0.05) is 18.2 Å². The van der Waals surface area contributed by atoms with Crippen LogP contribution in [0.3, 0.4) is 0 Å². The average Bonchev–Trinajstić information content (AvgIpc) is 2.40. The Labute approximate surface area is 124 Å². The fourth-order valence-corrected chi connectivity index (χ4v) is 2.18. The molecule has 0 aliphatic carbocycles. The maximum absolute atomic E-state index is 13.5. The molecule has 4 heteroatoms. The van der Waals surface area contributed by atoms with Crippen LogP contribution in [-0.4, -0.2) is 11.9 Å². The zero-order chi connectivity index (χ0) is 15.4. The molecule has 1 amide bonds. The van der Waals surface area contributed by atoms with Crippen LogP contribution in [0.15, 0.2) is 42.5 Å². The van der Waals surface area contributed by atoms with Crippen LogP contribution in [0.2, 0.25) is 0 Å². The van der Waals surface area contributed by atoms with Gasteiger partial charge in [-0.05, 0) is 56.2 Å². The second-order valence-corrected chi connectivity index (χ2v) is 5.21. The first-order valence-electron chi connectivity index (χ1n) is 6.86. The van der Waals surface area contributed by atoms with Gasteiger partial charge >= 0.3 is 0 Å². The van der Waals surface area contributed by atoms with Crippen LogP contribution in [0.1, 0.15) is 18.1 Å². The van der Waals surface area contributed by atoms with E-state index >= 15 is 0 Å². The zero-order valence-electron chi connectivity index (χ0n) is 12.4. The number of hydrogen-bond donors (Lipinski definition) is 2. The molecule has 0 aromatic heterocycles. The third-order valence-corrected chi connectivity index (χ3v) is 3.13. The lowest BCUT2D eigenvalue weighted by Crippen LogP contribution is -2.32. The molecule has 1 atom stereocenters. The van der Waals surface area contributed by atoms with Crippen molar-refractivity contribution >= 4 is 17.3 Å². The Morgan fingerprint density at radius 1 is 1.10 bits per heavy atom. The summed E-state index contributed by atoms with van der Waals surface area (Å²) in [4.78, 5) is 12.1. The number of benzene rings is 2. The molecule has 0 aliphatic rings. The van der Waals surface area contributed by atoms with Gasteiger partial charge in [0.15, 0.2) is 0 Å². The summed E-state index contributed by atoms with van der Waals surface area (Å²) in [6, 6.07) is 11.7. The Bertz CT molecular complexity index is 635. The monoisotopic (exact) mass is 286 g/mol. The van der Waals surface area contributed by atoms with E-state index in [4.69, 9.17) is 0 Å². The first-order chi connectivity index (χ1) is 9.95. The number of anilines is 2. The Morgan fingerprint density at radius 3 is 2.33 bits per heavy atom. The van der Waals surface area contributed by atoms with Crippen molar-refractivity contribution in [3.63, 3.8) is 0 Å². The van der Waals surface area contributed by atoms with Crippen molar-refractivity contribution in [2.75, 3.05) is 10.6 Å². The predicted octanol–water partition coefficient (Wildman–Crippen LogP) is 3.88. The van der Waals surface area contributed by atoms with Gasteiger partial charge in [-0.3, -0.25) is 4.79 Å². The van der Waals surface area contributed by atoms with Crippen LogP contribution in [-0.2, 0) is 4.79 Å². The van der Waals surface area contributed by atoms with Crippen molar-refractivity contribution in [3.05, 3.63) is 59.4 Å². The van der Waals surface area contributed by atoms with Gasteiger partial charge in [-0.2, -0.15) is 0 Å². The molecule has 2 N–H and O–H groups in total. The summed E-state index contributed by atoms with van der Waals surface area (Å²) in [6.07, 6.45) is 0. The third-order valence-electron chi connectivity index (χ3n) is 3.13. The molecule has 0 radical (unpaired) electrons. The molecule has 2 rings (SSSR count). The zero-order valence-corrected chi connectivity index (χ0v) is 12.4. The van der Waals surface area contributed by atoms with Crippen LogP contribution in [0.4, 0.5) is 15.8 Å². The Hall–Kier alpha value is -2.36. The summed E-state index contributed by atoms with van der Waals surface area (Å²) >= 11 is 0. The molecule has 0 fully saturated rings. The lowest BCUT2D eigenvalue weighted by Gasteiger charge is -2.16. The number of carbonyl (C=O) groups excluding carboxylic acids is 1. The van der Waals surface area contributed by atoms with Crippen molar-refractivity contribution < 1.29 is 9.18 Å². The summed E-state index contributed by atoms with van der Waals surface area (Å²) < 4.78 is 13.5. The lowest BCUT2D eigenvalue weighted by atomic mass is 10.1. The third kappa shape index (κ3) is 4.05. The van der Waals surface area contributed by atoms with E-state index in [2.05, 4.69) is 16.7 Å². The second-order valence-electron chi connectivity index (χ2n) is 5.21. The van der Waals surface area contributed by atoms with Gasteiger partial charge in [0.05, 0.1) is 5.69 Å². The molecule has 0 saturated heterocycles. The molecule has 21 heavy (non-hydrogen) atoms. The van der Waals surface area contributed by atoms with E-state index in [1.807, 2.05) is 26.0 Å². The highest BCUT2D eigenvalue weighted by Crippen LogP contribution is 2.16. The van der Waals surface area contributed by atoms with Gasteiger partial charge in [0.2, 0.25) is 5.91 Å². The van der Waals surface area contributed by atoms with E-state index in [9.17, 15) is 9.18 Å². The summed E-state index contributed by atoms with van der Waals surface area (Å²) in [6.45, 7) is 5.75. The first kappa shape index (κ1) is 15.0. The molecule has 2 aromatic carbocycles. The predicted molar refractivity (Wildman–Crippen MR) is 84.0 cm³/mol. The van der Waals surface area contributed by atoms with Gasteiger partial charge in [-0.25, -0.2) is 4.39 Å². The van der Waals surface area contributed by atoms with Crippen LogP contribution in [0.5, 0.6) is 0 Å². The molecule has 3 nitrogen and oxygen atoms in total. The molecule has 0 unspecified atom stereocenters. The van der Waals surface area contributed by atoms with Crippen molar-refractivity contribution in [2.24, 2.45) is 0 Å². The number of halogens is 1. The molecule has 0 bridgehead atoms. The molecule has 0 saturated carbocycles. The van der Waals surface area contributed by atoms with E-state index in [1.54, 1.807) is 19.1 Å². The van der Waals surface area contributed by atoms with Crippen molar-refractivity contribution in [2.45, 2.75) is 26.8 Å². The van der Waals surface area contributed by atoms with Gasteiger partial charge in [-0.15, -0.1) is 0 Å². The molecule has 0 heterocycles. The minimum absolute atomic E-state index is 0.191. The van der Waals surface area contributed by atoms with Crippen LogP contribution < -0.4 is 10.6 Å². The number of nitrogens with one attached hydrogen (secondary N) is 2. The first-order valence-corrected chi connectivity index (χ1v) is 6.86. The summed E-state index contributed by atoms with van der Waals surface area (Å²) in [5.41, 5.74) is 3.32. The molecule has 2 aromatic rings. The number of rotatable bonds is 4. The van der Waals surface area contributed by atoms with Crippen LogP contribution in [0, 0.1) is 19.7 Å². The maximum atomic E-state index is 13.5. The highest BCUT2D eigenvalue weighted by Gasteiger charge is 2.14. The molecule has 0 aliphatic heterocycles. The standard InChI is InChI=1S/C17H19FN2O/c1-11-8-12(2)10-14(9-11)19-13(3)17(21)20-16-7-5-4-6-15(16)18/h4-10,13,19H,1-3H3,(H,20,21)/t13-/m1/s1. The minimum Gasteiger partial charge on any atom is -0.374 e. The second kappa shape index (κ2) is 6.39. The molecule has 110 valence electrons. The largest absolute Gasteiger partial charge is 0.374 e. The Balaban J connectivity index is 2.04. The number of amides is 1. The highest BCUT2D eigenvalue weighted by atomic mass is 19.1. The molecular formula is C17H19FN2O.